The number of aromatic nitrogens is 2. The van der Waals surface area contributed by atoms with Crippen LogP contribution in [0.2, 0.25) is 0 Å². The summed E-state index contributed by atoms with van der Waals surface area (Å²) in [6.07, 6.45) is 3.42. The molecule has 0 radical (unpaired) electrons. The van der Waals surface area contributed by atoms with Crippen LogP contribution in [0.3, 0.4) is 0 Å². The number of carbonyl (C=O) groups excluding carboxylic acids is 1. The molecule has 6 heteroatoms. The number of rotatable bonds is 11. The van der Waals surface area contributed by atoms with Crippen molar-refractivity contribution in [1.82, 2.24) is 14.9 Å². The third-order valence-corrected chi connectivity index (χ3v) is 6.09. The van der Waals surface area contributed by atoms with E-state index in [9.17, 15) is 4.79 Å². The van der Waals surface area contributed by atoms with Gasteiger partial charge in [-0.2, -0.15) is 0 Å². The highest BCUT2D eigenvalue weighted by Crippen LogP contribution is 2.29. The van der Waals surface area contributed by atoms with Gasteiger partial charge >= 0.3 is 0 Å². The van der Waals surface area contributed by atoms with Crippen molar-refractivity contribution in [2.45, 2.75) is 39.3 Å². The molecule has 0 aliphatic carbocycles. The highest BCUT2D eigenvalue weighted by atomic mass is 16.5. The minimum atomic E-state index is -0.260. The summed E-state index contributed by atoms with van der Waals surface area (Å²) in [6.45, 7) is 8.97. The van der Waals surface area contributed by atoms with Crippen LogP contribution in [0, 0.1) is 6.92 Å². The lowest BCUT2D eigenvalue weighted by Crippen LogP contribution is -2.29. The number of nitrogens with zero attached hydrogens (tertiary/aromatic N) is 2. The maximum absolute atomic E-state index is 12.9. The quantitative estimate of drug-likeness (QED) is 0.209. The Labute approximate surface area is 212 Å². The van der Waals surface area contributed by atoms with E-state index in [0.29, 0.717) is 18.7 Å². The molecule has 0 fully saturated rings. The molecule has 0 spiro atoms. The van der Waals surface area contributed by atoms with Crippen LogP contribution in [0.1, 0.15) is 46.7 Å². The fourth-order valence-electron chi connectivity index (χ4n) is 4.32. The van der Waals surface area contributed by atoms with Crippen LogP contribution in [0.5, 0.6) is 11.5 Å². The molecule has 4 rings (SSSR count). The Bertz CT molecular complexity index is 1360. The lowest BCUT2D eigenvalue weighted by molar-refractivity contribution is 0.0937. The van der Waals surface area contributed by atoms with E-state index in [-0.39, 0.29) is 11.9 Å². The molecule has 1 atom stereocenters. The minimum absolute atomic E-state index is 0.111. The zero-order valence-electron chi connectivity index (χ0n) is 21.2. The summed E-state index contributed by atoms with van der Waals surface area (Å²) < 4.78 is 13.7. The van der Waals surface area contributed by atoms with E-state index in [1.165, 1.54) is 0 Å². The second-order valence-corrected chi connectivity index (χ2v) is 8.86. The molecule has 6 nitrogen and oxygen atoms in total. The van der Waals surface area contributed by atoms with Crippen molar-refractivity contribution in [2.24, 2.45) is 0 Å². The number of para-hydroxylation sites is 2. The van der Waals surface area contributed by atoms with Gasteiger partial charge in [-0.05, 0) is 68.7 Å². The molecule has 0 saturated carbocycles. The fourth-order valence-corrected chi connectivity index (χ4v) is 4.32. The number of fused-ring (bicyclic) bond motifs is 1. The molecule has 36 heavy (non-hydrogen) atoms. The van der Waals surface area contributed by atoms with Crippen LogP contribution in [-0.2, 0) is 13.0 Å². The molecule has 0 aliphatic rings. The van der Waals surface area contributed by atoms with Gasteiger partial charge in [0, 0.05) is 12.1 Å². The Morgan fingerprint density at radius 1 is 1.11 bits per heavy atom. The topological polar surface area (TPSA) is 65.4 Å². The van der Waals surface area contributed by atoms with Gasteiger partial charge < -0.3 is 19.4 Å². The normalized spacial score (nSPS) is 11.8. The Morgan fingerprint density at radius 2 is 1.94 bits per heavy atom. The number of carbonyl (C=O) groups is 1. The molecule has 1 amide bonds. The van der Waals surface area contributed by atoms with Crippen LogP contribution in [-0.4, -0.2) is 29.2 Å². The highest BCUT2D eigenvalue weighted by molar-refractivity contribution is 5.94. The SMILES string of the molecule is C=CCc1ccc(OCCCn2c(C(C)NC(=O)c3cccc(C)c3)nc3ccccc32)c(OC)c1. The van der Waals surface area contributed by atoms with Crippen LogP contribution < -0.4 is 14.8 Å². The van der Waals surface area contributed by atoms with Gasteiger partial charge in [-0.25, -0.2) is 4.98 Å². The number of benzene rings is 3. The maximum Gasteiger partial charge on any atom is 0.251 e. The van der Waals surface area contributed by atoms with E-state index in [1.807, 2.05) is 80.6 Å². The van der Waals surface area contributed by atoms with Crippen LogP contribution in [0.15, 0.2) is 79.4 Å². The first kappa shape index (κ1) is 25.0. The summed E-state index contributed by atoms with van der Waals surface area (Å²) in [5.41, 5.74) is 4.77. The van der Waals surface area contributed by atoms with E-state index in [0.717, 1.165) is 52.3 Å². The Kier molecular flexibility index (Phi) is 8.06. The summed E-state index contributed by atoms with van der Waals surface area (Å²) >= 11 is 0. The van der Waals surface area contributed by atoms with Gasteiger partial charge in [0.05, 0.1) is 30.8 Å². The molecule has 0 aliphatic heterocycles. The predicted octanol–water partition coefficient (Wildman–Crippen LogP) is 6.04. The summed E-state index contributed by atoms with van der Waals surface area (Å²) in [7, 11) is 1.65. The van der Waals surface area contributed by atoms with E-state index in [4.69, 9.17) is 14.5 Å². The van der Waals surface area contributed by atoms with Crippen molar-refractivity contribution in [3.63, 3.8) is 0 Å². The van der Waals surface area contributed by atoms with Crippen molar-refractivity contribution < 1.29 is 14.3 Å². The van der Waals surface area contributed by atoms with E-state index in [1.54, 1.807) is 7.11 Å². The molecule has 186 valence electrons. The van der Waals surface area contributed by atoms with Crippen molar-refractivity contribution in [3.05, 3.63) is 102 Å². The monoisotopic (exact) mass is 483 g/mol. The van der Waals surface area contributed by atoms with Crippen molar-refractivity contribution >= 4 is 16.9 Å². The lowest BCUT2D eigenvalue weighted by atomic mass is 10.1. The van der Waals surface area contributed by atoms with Gasteiger partial charge in [0.15, 0.2) is 11.5 Å². The minimum Gasteiger partial charge on any atom is -0.493 e. The van der Waals surface area contributed by atoms with E-state index in [2.05, 4.69) is 22.5 Å². The number of nitrogens with one attached hydrogen (secondary N) is 1. The number of aryl methyl sites for hydroxylation is 2. The third-order valence-electron chi connectivity index (χ3n) is 6.09. The smallest absolute Gasteiger partial charge is 0.251 e. The van der Waals surface area contributed by atoms with Crippen LogP contribution in [0.25, 0.3) is 11.0 Å². The largest absolute Gasteiger partial charge is 0.493 e. The van der Waals surface area contributed by atoms with Crippen molar-refractivity contribution in [1.29, 1.82) is 0 Å². The second kappa shape index (κ2) is 11.6. The molecule has 1 N–H and O–H groups in total. The number of imidazole rings is 1. The number of hydrogen-bond acceptors (Lipinski definition) is 4. The number of hydrogen-bond donors (Lipinski definition) is 1. The van der Waals surface area contributed by atoms with Gasteiger partial charge in [0.25, 0.3) is 5.91 Å². The average molecular weight is 484 g/mol. The first-order chi connectivity index (χ1) is 17.5. The predicted molar refractivity (Wildman–Crippen MR) is 144 cm³/mol. The average Bonchev–Trinajstić information content (AvgIpc) is 3.26. The van der Waals surface area contributed by atoms with Crippen molar-refractivity contribution in [2.75, 3.05) is 13.7 Å². The van der Waals surface area contributed by atoms with E-state index >= 15 is 0 Å². The molecule has 0 saturated heterocycles. The van der Waals surface area contributed by atoms with Gasteiger partial charge in [0.1, 0.15) is 5.82 Å². The molecule has 1 heterocycles. The first-order valence-electron chi connectivity index (χ1n) is 12.2. The van der Waals surface area contributed by atoms with Gasteiger partial charge in [-0.1, -0.05) is 42.0 Å². The molecule has 3 aromatic carbocycles. The highest BCUT2D eigenvalue weighted by Gasteiger charge is 2.19. The molecular formula is C30H33N3O3. The Hall–Kier alpha value is -4.06. The van der Waals surface area contributed by atoms with E-state index < -0.39 is 0 Å². The molecule has 0 bridgehead atoms. The summed E-state index contributed by atoms with van der Waals surface area (Å²) in [5.74, 6) is 2.15. The molecule has 1 aromatic heterocycles. The number of methoxy groups -OCH3 is 1. The van der Waals surface area contributed by atoms with Gasteiger partial charge in [0.2, 0.25) is 0 Å². The zero-order chi connectivity index (χ0) is 25.5. The number of amides is 1. The third kappa shape index (κ3) is 5.77. The van der Waals surface area contributed by atoms with Crippen LogP contribution in [0.4, 0.5) is 0 Å². The fraction of sp³-hybridized carbons (Fsp3) is 0.267. The number of ether oxygens (including phenoxy) is 2. The first-order valence-corrected chi connectivity index (χ1v) is 12.2. The summed E-state index contributed by atoms with van der Waals surface area (Å²) in [6, 6.07) is 21.3. The maximum atomic E-state index is 12.9. The van der Waals surface area contributed by atoms with Gasteiger partial charge in [-0.15, -0.1) is 6.58 Å². The second-order valence-electron chi connectivity index (χ2n) is 8.86. The standard InChI is InChI=1S/C30H33N3O3/c1-5-10-23-15-16-27(28(20-23)35-4)36-18-9-17-33-26-14-7-6-13-25(26)32-29(33)22(3)31-30(34)24-12-8-11-21(2)19-24/h5-8,11-16,19-20,22H,1,9-10,17-18H2,2-4H3,(H,31,34). The summed E-state index contributed by atoms with van der Waals surface area (Å²) in [5, 5.41) is 3.11. The molecule has 4 aromatic rings. The van der Waals surface area contributed by atoms with Crippen LogP contribution >= 0.6 is 0 Å². The Balaban J connectivity index is 1.46. The number of allylic oxidation sites excluding steroid dienone is 1. The Morgan fingerprint density at radius 3 is 2.72 bits per heavy atom. The zero-order valence-corrected chi connectivity index (χ0v) is 21.2. The summed E-state index contributed by atoms with van der Waals surface area (Å²) in [4.78, 5) is 17.7. The lowest BCUT2D eigenvalue weighted by Gasteiger charge is -2.17. The molecule has 1 unspecified atom stereocenters. The van der Waals surface area contributed by atoms with Gasteiger partial charge in [-0.3, -0.25) is 4.79 Å². The molecular weight excluding hydrogens is 450 g/mol. The van der Waals surface area contributed by atoms with Crippen molar-refractivity contribution in [3.8, 4) is 11.5 Å².